The van der Waals surface area contributed by atoms with Crippen molar-refractivity contribution in [2.75, 3.05) is 6.61 Å². The highest BCUT2D eigenvalue weighted by Crippen LogP contribution is 1.85. The molecule has 0 heterocycles. The highest BCUT2D eigenvalue weighted by molar-refractivity contribution is 5.56. The number of carbonyl (C=O) groups excluding carboxylic acids is 1. The number of rotatable bonds is 3. The van der Waals surface area contributed by atoms with Crippen molar-refractivity contribution in [3.8, 4) is 0 Å². The Balaban J connectivity index is 3.58. The fourth-order valence-corrected chi connectivity index (χ4v) is 0.256. The second kappa shape index (κ2) is 4.25. The molecule has 9 heavy (non-hydrogen) atoms. The van der Waals surface area contributed by atoms with Gasteiger partial charge in [0.1, 0.15) is 6.10 Å². The molecule has 3 N–H and O–H groups in total. The number of hydrogen-bond donors (Lipinski definition) is 3. The first kappa shape index (κ1) is 8.35. The van der Waals surface area contributed by atoms with Gasteiger partial charge in [0.05, 0.1) is 6.61 Å². The average molecular weight is 136 g/mol. The van der Waals surface area contributed by atoms with Gasteiger partial charge < -0.3 is 20.6 Å². The molecule has 0 aliphatic carbocycles. The average Bonchev–Trinajstić information content (AvgIpc) is 1.87. The molecule has 0 bridgehead atoms. The fourth-order valence-electron chi connectivity index (χ4n) is 0.256. The molecule has 2 atom stereocenters. The number of aldehydes is 1. The highest BCUT2D eigenvalue weighted by Gasteiger charge is 2.17. The highest BCUT2D eigenvalue weighted by atomic mass is 17.1. The van der Waals surface area contributed by atoms with Crippen molar-refractivity contribution in [2.45, 2.75) is 12.2 Å². The lowest BCUT2D eigenvalue weighted by molar-refractivity contribution is -1.04. The van der Waals surface area contributed by atoms with Crippen molar-refractivity contribution in [1.82, 2.24) is 0 Å². The summed E-state index contributed by atoms with van der Waals surface area (Å²) in [7, 11) is 0. The molecule has 0 aliphatic heterocycles. The topological polar surface area (TPSA) is 95.1 Å². The summed E-state index contributed by atoms with van der Waals surface area (Å²) in [4.78, 5) is 0. The van der Waals surface area contributed by atoms with E-state index in [1.165, 1.54) is 0 Å². The van der Waals surface area contributed by atoms with Crippen LogP contribution in [0.15, 0.2) is 0 Å². The molecule has 0 saturated heterocycles. The van der Waals surface area contributed by atoms with Gasteiger partial charge in [0, 0.05) is 0 Å². The molecular weight excluding hydrogens is 128 g/mol. The van der Waals surface area contributed by atoms with Gasteiger partial charge in [-0.3, -0.25) is 0 Å². The number of hydrogen-bond acceptors (Lipinski definition) is 4. The lowest BCUT2D eigenvalue weighted by atomic mass is 10.2. The van der Waals surface area contributed by atoms with Crippen LogP contribution < -0.4 is 5.26 Å². The molecule has 0 spiro atoms. The Morgan fingerprint density at radius 2 is 2.11 bits per heavy atom. The van der Waals surface area contributed by atoms with Crippen molar-refractivity contribution in [1.29, 1.82) is 0 Å². The van der Waals surface area contributed by atoms with Crippen LogP contribution in [-0.2, 0) is 4.58 Å². The Kier molecular flexibility index (Phi) is 3.94. The predicted octanol–water partition coefficient (Wildman–Crippen LogP) is -3.29. The lowest BCUT2D eigenvalue weighted by Gasteiger charge is -2.04. The quantitative estimate of drug-likeness (QED) is 0.164. The zero-order valence-corrected chi connectivity index (χ0v) is 4.60. The molecule has 0 amide bonds. The monoisotopic (exact) mass is 136 g/mol. The van der Waals surface area contributed by atoms with Gasteiger partial charge >= 0.3 is 6.29 Å². The summed E-state index contributed by atoms with van der Waals surface area (Å²) in [6.07, 6.45) is -2.28. The van der Waals surface area contributed by atoms with E-state index in [-0.39, 0.29) is 0 Å². The van der Waals surface area contributed by atoms with Crippen molar-refractivity contribution < 1.29 is 25.2 Å². The van der Waals surface area contributed by atoms with E-state index in [9.17, 15) is 5.26 Å². The molecule has 0 aromatic carbocycles. The zero-order chi connectivity index (χ0) is 7.28. The van der Waals surface area contributed by atoms with E-state index >= 15 is 0 Å². The van der Waals surface area contributed by atoms with Gasteiger partial charge in [0.25, 0.3) is 0 Å². The van der Waals surface area contributed by atoms with Crippen LogP contribution in [0, 0.1) is 0 Å². The standard InChI is InChI=1S/C4H8O5/c5-1-3(6)4(7)2-9-8/h2-7H,1H2/t3-,4-/m0/s1. The van der Waals surface area contributed by atoms with Crippen molar-refractivity contribution in [3.05, 3.63) is 0 Å². The summed E-state index contributed by atoms with van der Waals surface area (Å²) < 4.78 is 3.13. The Morgan fingerprint density at radius 1 is 1.56 bits per heavy atom. The number of aliphatic hydroxyl groups is 3. The molecule has 54 valence electrons. The third-order valence-corrected chi connectivity index (χ3v) is 0.776. The third kappa shape index (κ3) is 3.02. The second-order valence-corrected chi connectivity index (χ2v) is 1.47. The van der Waals surface area contributed by atoms with E-state index in [4.69, 9.17) is 15.3 Å². The minimum Gasteiger partial charge on any atom is -0.463 e. The van der Waals surface area contributed by atoms with Crippen LogP contribution in [0.4, 0.5) is 0 Å². The van der Waals surface area contributed by atoms with Crippen molar-refractivity contribution in [2.24, 2.45) is 0 Å². The van der Waals surface area contributed by atoms with E-state index in [1.807, 2.05) is 0 Å². The van der Waals surface area contributed by atoms with Gasteiger partial charge in [-0.15, -0.1) is 0 Å². The van der Waals surface area contributed by atoms with Gasteiger partial charge in [0.15, 0.2) is 6.10 Å². The molecular formula is C4H8O5. The fraction of sp³-hybridized carbons (Fsp3) is 0.750. The van der Waals surface area contributed by atoms with Crippen molar-refractivity contribution >= 4 is 6.29 Å². The van der Waals surface area contributed by atoms with Crippen LogP contribution in [0.1, 0.15) is 0 Å². The van der Waals surface area contributed by atoms with E-state index in [0.29, 0.717) is 6.29 Å². The summed E-state index contributed by atoms with van der Waals surface area (Å²) in [6.45, 7) is -0.610. The molecule has 5 nitrogen and oxygen atoms in total. The Hall–Kier alpha value is -0.650. The third-order valence-electron chi connectivity index (χ3n) is 0.776. The van der Waals surface area contributed by atoms with Crippen LogP contribution in [0.3, 0.4) is 0 Å². The molecule has 0 aromatic heterocycles. The predicted molar refractivity (Wildman–Crippen MR) is 25.2 cm³/mol. The molecule has 0 fully saturated rings. The van der Waals surface area contributed by atoms with E-state index in [2.05, 4.69) is 4.58 Å². The summed E-state index contributed by atoms with van der Waals surface area (Å²) in [5.74, 6) is 0. The molecule has 0 aromatic rings. The first-order chi connectivity index (χ1) is 4.22. The van der Waals surface area contributed by atoms with Gasteiger partial charge in [0.2, 0.25) is 0 Å². The van der Waals surface area contributed by atoms with Gasteiger partial charge in [-0.05, 0) is 0 Å². The lowest BCUT2D eigenvalue weighted by Crippen LogP contribution is -2.31. The van der Waals surface area contributed by atoms with E-state index < -0.39 is 18.8 Å². The smallest absolute Gasteiger partial charge is 0.349 e. The first-order valence-electron chi connectivity index (χ1n) is 2.31. The SMILES string of the molecule is [O-][O+]=C[C@H](O)[C@@H](O)CO. The summed E-state index contributed by atoms with van der Waals surface area (Å²) in [5.41, 5.74) is 0. The molecule has 0 saturated carbocycles. The maximum absolute atomic E-state index is 9.25. The van der Waals surface area contributed by atoms with Crippen LogP contribution in [0.5, 0.6) is 0 Å². The molecule has 0 unspecified atom stereocenters. The van der Waals surface area contributed by atoms with Gasteiger partial charge in [-0.25, -0.2) is 0 Å². The van der Waals surface area contributed by atoms with Crippen molar-refractivity contribution in [3.63, 3.8) is 0 Å². The number of aliphatic hydroxyl groups excluding tert-OH is 3. The maximum atomic E-state index is 9.25. The maximum Gasteiger partial charge on any atom is 0.349 e. The van der Waals surface area contributed by atoms with Crippen LogP contribution in [0.25, 0.3) is 0 Å². The van der Waals surface area contributed by atoms with Gasteiger partial charge in [-0.1, -0.05) is 0 Å². The minimum absolute atomic E-state index is 0.487. The molecule has 5 heteroatoms. The molecule has 0 radical (unpaired) electrons. The molecule has 0 rings (SSSR count). The van der Waals surface area contributed by atoms with Crippen LogP contribution in [-0.4, -0.2) is 40.4 Å². The first-order valence-corrected chi connectivity index (χ1v) is 2.31. The largest absolute Gasteiger partial charge is 0.463 e. The minimum atomic E-state index is -1.42. The Labute approximate surface area is 51.4 Å². The zero-order valence-electron chi connectivity index (χ0n) is 4.60. The van der Waals surface area contributed by atoms with Crippen LogP contribution >= 0.6 is 0 Å². The Morgan fingerprint density at radius 3 is 2.44 bits per heavy atom. The van der Waals surface area contributed by atoms with E-state index in [0.717, 1.165) is 0 Å². The summed E-state index contributed by atoms with van der Waals surface area (Å²) in [5, 5.41) is 34.4. The second-order valence-electron chi connectivity index (χ2n) is 1.47. The summed E-state index contributed by atoms with van der Waals surface area (Å²) >= 11 is 0. The summed E-state index contributed by atoms with van der Waals surface area (Å²) in [6, 6.07) is 0. The van der Waals surface area contributed by atoms with Gasteiger partial charge in [-0.2, -0.15) is 4.58 Å². The van der Waals surface area contributed by atoms with Crippen LogP contribution in [0.2, 0.25) is 0 Å². The normalized spacial score (nSPS) is 18.1. The van der Waals surface area contributed by atoms with E-state index in [1.54, 1.807) is 0 Å². The molecule has 0 aliphatic rings. The Bertz CT molecular complexity index is 91.0.